The number of sulfonamides is 1. The topological polar surface area (TPSA) is 86.8 Å². The Morgan fingerprint density at radius 2 is 1.55 bits per heavy atom. The fraction of sp³-hybridized carbons (Fsp3) is 0.355. The smallest absolute Gasteiger partial charge is 0.264 e. The lowest BCUT2D eigenvalue weighted by molar-refractivity contribution is -0.139. The summed E-state index contributed by atoms with van der Waals surface area (Å²) in [6.45, 7) is 3.42. The van der Waals surface area contributed by atoms with Crippen LogP contribution < -0.4 is 9.62 Å². The summed E-state index contributed by atoms with van der Waals surface area (Å²) in [4.78, 5) is 28.9. The van der Waals surface area contributed by atoms with Gasteiger partial charge in [-0.2, -0.15) is 0 Å². The van der Waals surface area contributed by atoms with E-state index in [1.54, 1.807) is 49.4 Å². The normalized spacial score (nSPS) is 14.8. The number of carbonyl (C=O) groups is 2. The van der Waals surface area contributed by atoms with Crippen LogP contribution in [-0.2, 0) is 26.2 Å². The first-order valence-electron chi connectivity index (χ1n) is 13.6. The summed E-state index contributed by atoms with van der Waals surface area (Å²) in [6, 6.07) is 21.9. The second-order valence-electron chi connectivity index (χ2n) is 10.3. The third-order valence-corrected chi connectivity index (χ3v) is 9.63. The SMILES string of the molecule is Cc1ccc(CN(C(=O)CN(c2ccc(Br)cc2)S(=O)(=O)c2ccccc2)C(C)C(=O)NC2CCCCC2)cc1. The summed E-state index contributed by atoms with van der Waals surface area (Å²) in [5.41, 5.74) is 2.30. The molecule has 1 atom stereocenters. The number of nitrogens with zero attached hydrogens (tertiary/aromatic N) is 2. The summed E-state index contributed by atoms with van der Waals surface area (Å²) < 4.78 is 29.5. The molecule has 9 heteroatoms. The van der Waals surface area contributed by atoms with Crippen LogP contribution in [0.1, 0.15) is 50.2 Å². The van der Waals surface area contributed by atoms with E-state index in [1.807, 2.05) is 31.2 Å². The van der Waals surface area contributed by atoms with Crippen molar-refractivity contribution < 1.29 is 18.0 Å². The summed E-state index contributed by atoms with van der Waals surface area (Å²) in [7, 11) is -4.07. The standard InChI is InChI=1S/C31H36BrN3O4S/c1-23-13-15-25(16-14-23)21-34(24(2)31(37)33-27-9-5-3-6-10-27)30(36)22-35(28-19-17-26(32)18-20-28)40(38,39)29-11-7-4-8-12-29/h4,7-8,11-20,24,27H,3,5-6,9-10,21-22H2,1-2H3,(H,33,37). The summed E-state index contributed by atoms with van der Waals surface area (Å²) in [5, 5.41) is 3.13. The Bertz CT molecular complexity index is 1390. The zero-order valence-corrected chi connectivity index (χ0v) is 25.3. The molecule has 3 aromatic rings. The Hall–Kier alpha value is -3.17. The third-order valence-electron chi connectivity index (χ3n) is 7.32. The number of rotatable bonds is 10. The summed E-state index contributed by atoms with van der Waals surface area (Å²) >= 11 is 3.39. The molecule has 0 aliphatic heterocycles. The van der Waals surface area contributed by atoms with Crippen LogP contribution in [0, 0.1) is 6.92 Å². The molecule has 40 heavy (non-hydrogen) atoms. The van der Waals surface area contributed by atoms with Crippen LogP contribution >= 0.6 is 15.9 Å². The molecule has 1 unspecified atom stereocenters. The van der Waals surface area contributed by atoms with Crippen LogP contribution in [0.5, 0.6) is 0 Å². The van der Waals surface area contributed by atoms with Crippen molar-refractivity contribution in [2.75, 3.05) is 10.8 Å². The molecule has 1 aliphatic rings. The molecule has 0 bridgehead atoms. The highest BCUT2D eigenvalue weighted by atomic mass is 79.9. The van der Waals surface area contributed by atoms with Crippen molar-refractivity contribution in [1.29, 1.82) is 0 Å². The first kappa shape index (κ1) is 29.8. The Morgan fingerprint density at radius 1 is 0.925 bits per heavy atom. The van der Waals surface area contributed by atoms with E-state index in [4.69, 9.17) is 0 Å². The molecule has 4 rings (SSSR count). The van der Waals surface area contributed by atoms with Crippen LogP contribution in [0.25, 0.3) is 0 Å². The van der Waals surface area contributed by atoms with Gasteiger partial charge in [-0.3, -0.25) is 13.9 Å². The molecule has 0 heterocycles. The first-order chi connectivity index (χ1) is 19.1. The number of hydrogen-bond donors (Lipinski definition) is 1. The summed E-state index contributed by atoms with van der Waals surface area (Å²) in [6.07, 6.45) is 5.17. The number of aryl methyl sites for hydroxylation is 1. The largest absolute Gasteiger partial charge is 0.352 e. The van der Waals surface area contributed by atoms with Crippen molar-refractivity contribution in [3.8, 4) is 0 Å². The second-order valence-corrected chi connectivity index (χ2v) is 13.1. The van der Waals surface area contributed by atoms with Crippen molar-refractivity contribution in [1.82, 2.24) is 10.2 Å². The molecular weight excluding hydrogens is 590 g/mol. The highest BCUT2D eigenvalue weighted by molar-refractivity contribution is 9.10. The van der Waals surface area contributed by atoms with Crippen molar-refractivity contribution >= 4 is 43.5 Å². The molecule has 0 aromatic heterocycles. The Labute approximate surface area is 245 Å². The molecule has 1 aliphatic carbocycles. The van der Waals surface area contributed by atoms with Crippen LogP contribution in [0.3, 0.4) is 0 Å². The number of benzene rings is 3. The monoisotopic (exact) mass is 625 g/mol. The summed E-state index contributed by atoms with van der Waals surface area (Å²) in [5.74, 6) is -0.692. The molecule has 1 saturated carbocycles. The van der Waals surface area contributed by atoms with E-state index in [0.29, 0.717) is 5.69 Å². The number of anilines is 1. The molecule has 212 valence electrons. The maximum Gasteiger partial charge on any atom is 0.264 e. The van der Waals surface area contributed by atoms with E-state index in [9.17, 15) is 18.0 Å². The fourth-order valence-corrected chi connectivity index (χ4v) is 6.60. The van der Waals surface area contributed by atoms with E-state index < -0.39 is 28.5 Å². The van der Waals surface area contributed by atoms with Crippen molar-refractivity contribution in [2.24, 2.45) is 0 Å². The molecular formula is C31H36BrN3O4S. The van der Waals surface area contributed by atoms with E-state index in [1.165, 1.54) is 23.5 Å². The Balaban J connectivity index is 1.65. The van der Waals surface area contributed by atoms with Gasteiger partial charge in [-0.15, -0.1) is 0 Å². The first-order valence-corrected chi connectivity index (χ1v) is 15.9. The predicted molar refractivity (Wildman–Crippen MR) is 161 cm³/mol. The highest BCUT2D eigenvalue weighted by Gasteiger charge is 2.33. The number of halogens is 1. The van der Waals surface area contributed by atoms with Gasteiger partial charge in [0.1, 0.15) is 12.6 Å². The van der Waals surface area contributed by atoms with E-state index in [-0.39, 0.29) is 23.4 Å². The van der Waals surface area contributed by atoms with Gasteiger partial charge in [-0.05, 0) is 68.7 Å². The van der Waals surface area contributed by atoms with Crippen LogP contribution in [-0.4, -0.2) is 43.8 Å². The zero-order valence-electron chi connectivity index (χ0n) is 22.9. The Morgan fingerprint density at radius 3 is 2.17 bits per heavy atom. The van der Waals surface area contributed by atoms with Crippen molar-refractivity contribution in [3.05, 3.63) is 94.5 Å². The van der Waals surface area contributed by atoms with Gasteiger partial charge in [0, 0.05) is 17.1 Å². The van der Waals surface area contributed by atoms with E-state index in [0.717, 1.165) is 45.6 Å². The van der Waals surface area contributed by atoms with Crippen LogP contribution in [0.15, 0.2) is 88.2 Å². The molecule has 2 amide bonds. The Kier molecular flexibility index (Phi) is 10.0. The molecule has 7 nitrogen and oxygen atoms in total. The van der Waals surface area contributed by atoms with Crippen LogP contribution in [0.2, 0.25) is 0 Å². The number of carbonyl (C=O) groups excluding carboxylic acids is 2. The van der Waals surface area contributed by atoms with E-state index >= 15 is 0 Å². The average Bonchev–Trinajstić information content (AvgIpc) is 2.96. The van der Waals surface area contributed by atoms with Crippen molar-refractivity contribution in [2.45, 2.75) is 69.5 Å². The molecule has 0 saturated heterocycles. The molecule has 0 spiro atoms. The van der Waals surface area contributed by atoms with Crippen molar-refractivity contribution in [3.63, 3.8) is 0 Å². The van der Waals surface area contributed by atoms with Gasteiger partial charge in [-0.1, -0.05) is 83.2 Å². The lowest BCUT2D eigenvalue weighted by atomic mass is 9.95. The zero-order chi connectivity index (χ0) is 28.7. The molecule has 1 fully saturated rings. The van der Waals surface area contributed by atoms with Gasteiger partial charge in [0.2, 0.25) is 11.8 Å². The van der Waals surface area contributed by atoms with Gasteiger partial charge < -0.3 is 10.2 Å². The van der Waals surface area contributed by atoms with Gasteiger partial charge in [0.15, 0.2) is 0 Å². The van der Waals surface area contributed by atoms with Gasteiger partial charge in [0.25, 0.3) is 10.0 Å². The van der Waals surface area contributed by atoms with Gasteiger partial charge >= 0.3 is 0 Å². The number of amides is 2. The lowest BCUT2D eigenvalue weighted by Gasteiger charge is -2.33. The molecule has 0 radical (unpaired) electrons. The van der Waals surface area contributed by atoms with Gasteiger partial charge in [-0.25, -0.2) is 8.42 Å². The number of hydrogen-bond acceptors (Lipinski definition) is 4. The minimum Gasteiger partial charge on any atom is -0.352 e. The average molecular weight is 627 g/mol. The fourth-order valence-electron chi connectivity index (χ4n) is 4.90. The highest BCUT2D eigenvalue weighted by Crippen LogP contribution is 2.26. The third kappa shape index (κ3) is 7.52. The predicted octanol–water partition coefficient (Wildman–Crippen LogP) is 5.82. The maximum absolute atomic E-state index is 14.0. The van der Waals surface area contributed by atoms with Crippen LogP contribution in [0.4, 0.5) is 5.69 Å². The van der Waals surface area contributed by atoms with E-state index in [2.05, 4.69) is 21.2 Å². The quantitative estimate of drug-likeness (QED) is 0.308. The molecule has 3 aromatic carbocycles. The van der Waals surface area contributed by atoms with Gasteiger partial charge in [0.05, 0.1) is 10.6 Å². The second kappa shape index (κ2) is 13.5. The minimum atomic E-state index is -4.07. The maximum atomic E-state index is 14.0. The molecule has 1 N–H and O–H groups in total. The number of nitrogens with one attached hydrogen (secondary N) is 1. The lowest BCUT2D eigenvalue weighted by Crippen LogP contribution is -2.53. The minimum absolute atomic E-state index is 0.0823.